The molecule has 0 saturated heterocycles. The van der Waals surface area contributed by atoms with E-state index in [1.165, 1.54) is 22.3 Å². The van der Waals surface area contributed by atoms with Gasteiger partial charge in [-0.3, -0.25) is 0 Å². The van der Waals surface area contributed by atoms with E-state index in [-0.39, 0.29) is 11.3 Å². The van der Waals surface area contributed by atoms with Crippen LogP contribution in [0.5, 0.6) is 0 Å². The molecule has 1 aliphatic rings. The molecule has 132 valence electrons. The maximum Gasteiger partial charge on any atom is 0.0983 e. The van der Waals surface area contributed by atoms with Gasteiger partial charge in [0.25, 0.3) is 0 Å². The lowest BCUT2D eigenvalue weighted by Crippen LogP contribution is -2.45. The van der Waals surface area contributed by atoms with Gasteiger partial charge in [-0.25, -0.2) is 0 Å². The van der Waals surface area contributed by atoms with E-state index in [1.807, 2.05) is 6.08 Å². The van der Waals surface area contributed by atoms with Crippen LogP contribution in [0.3, 0.4) is 0 Å². The summed E-state index contributed by atoms with van der Waals surface area (Å²) < 4.78 is 0. The smallest absolute Gasteiger partial charge is 0.0983 e. The Morgan fingerprint density at radius 1 is 1.25 bits per heavy atom. The number of benzene rings is 1. The van der Waals surface area contributed by atoms with Gasteiger partial charge in [0.15, 0.2) is 0 Å². The van der Waals surface area contributed by atoms with Crippen LogP contribution < -0.4 is 0 Å². The second kappa shape index (κ2) is 7.27. The lowest BCUT2D eigenvalue weighted by molar-refractivity contribution is -0.111. The van der Waals surface area contributed by atoms with Gasteiger partial charge in [0.05, 0.1) is 5.60 Å². The van der Waals surface area contributed by atoms with Crippen molar-refractivity contribution in [2.75, 3.05) is 0 Å². The Hall–Kier alpha value is -1.34. The maximum atomic E-state index is 12.0. The summed E-state index contributed by atoms with van der Waals surface area (Å²) in [5.74, 6) is 0.280. The second-order valence-electron chi connectivity index (χ2n) is 8.05. The highest BCUT2D eigenvalue weighted by atomic mass is 16.3. The number of rotatable bonds is 7. The number of aryl methyl sites for hydroxylation is 1. The quantitative estimate of drug-likeness (QED) is 0.608. The summed E-state index contributed by atoms with van der Waals surface area (Å²) in [4.78, 5) is 0. The molecule has 1 heteroatoms. The molecule has 0 aliphatic heterocycles. The molecule has 2 unspecified atom stereocenters. The zero-order valence-corrected chi connectivity index (χ0v) is 16.2. The monoisotopic (exact) mass is 326 g/mol. The Bertz CT molecular complexity index is 623. The topological polar surface area (TPSA) is 20.2 Å². The van der Waals surface area contributed by atoms with Crippen molar-refractivity contribution in [3.63, 3.8) is 0 Å². The first kappa shape index (κ1) is 19.0. The Labute approximate surface area is 148 Å². The third-order valence-electron chi connectivity index (χ3n) is 6.10. The van der Waals surface area contributed by atoms with E-state index in [9.17, 15) is 5.11 Å². The molecule has 1 aromatic rings. The van der Waals surface area contributed by atoms with Crippen LogP contribution in [0.15, 0.2) is 36.9 Å². The van der Waals surface area contributed by atoms with E-state index < -0.39 is 5.60 Å². The van der Waals surface area contributed by atoms with Gasteiger partial charge in [-0.05, 0) is 67.7 Å². The third kappa shape index (κ3) is 3.11. The van der Waals surface area contributed by atoms with Crippen LogP contribution >= 0.6 is 0 Å². The van der Waals surface area contributed by atoms with E-state index in [0.717, 1.165) is 32.1 Å². The first-order chi connectivity index (χ1) is 11.3. The zero-order valence-electron chi connectivity index (χ0n) is 16.2. The van der Waals surface area contributed by atoms with Crippen molar-refractivity contribution in [1.29, 1.82) is 0 Å². The zero-order chi connectivity index (χ0) is 18.0. The lowest BCUT2D eigenvalue weighted by Gasteiger charge is -2.44. The Kier molecular flexibility index (Phi) is 5.75. The molecule has 1 nitrogen and oxygen atoms in total. The molecular weight excluding hydrogens is 292 g/mol. The summed E-state index contributed by atoms with van der Waals surface area (Å²) in [7, 11) is 0. The van der Waals surface area contributed by atoms with Crippen molar-refractivity contribution < 1.29 is 5.11 Å². The predicted octanol–water partition coefficient (Wildman–Crippen LogP) is 6.01. The molecule has 24 heavy (non-hydrogen) atoms. The molecule has 2 rings (SSSR count). The molecule has 1 aromatic carbocycles. The molecule has 0 amide bonds. The van der Waals surface area contributed by atoms with Gasteiger partial charge < -0.3 is 5.11 Å². The molecule has 0 bridgehead atoms. The Morgan fingerprint density at radius 3 is 2.58 bits per heavy atom. The van der Waals surface area contributed by atoms with Crippen molar-refractivity contribution in [1.82, 2.24) is 0 Å². The maximum absolute atomic E-state index is 12.0. The molecule has 0 fully saturated rings. The second-order valence-corrected chi connectivity index (χ2v) is 8.05. The molecule has 1 aliphatic carbocycles. The highest BCUT2D eigenvalue weighted by Gasteiger charge is 2.55. The molecule has 1 N–H and O–H groups in total. The number of hydrogen-bond donors (Lipinski definition) is 1. The van der Waals surface area contributed by atoms with E-state index >= 15 is 0 Å². The minimum atomic E-state index is -0.737. The first-order valence-corrected chi connectivity index (χ1v) is 9.37. The van der Waals surface area contributed by atoms with Crippen molar-refractivity contribution in [3.05, 3.63) is 59.2 Å². The summed E-state index contributed by atoms with van der Waals surface area (Å²) in [5.41, 5.74) is 4.26. The van der Waals surface area contributed by atoms with E-state index in [2.05, 4.69) is 65.5 Å². The van der Waals surface area contributed by atoms with Gasteiger partial charge in [0.1, 0.15) is 0 Å². The van der Waals surface area contributed by atoms with Crippen molar-refractivity contribution >= 4 is 0 Å². The van der Waals surface area contributed by atoms with Crippen LogP contribution in [-0.4, -0.2) is 5.11 Å². The SMILES string of the molecule is C=CC/C=C/CCC(CC)C1(O)c2c(ccc(C)c2C)CC1(C)C. The molecule has 0 aromatic heterocycles. The van der Waals surface area contributed by atoms with Crippen molar-refractivity contribution in [2.24, 2.45) is 11.3 Å². The van der Waals surface area contributed by atoms with Gasteiger partial charge in [-0.1, -0.05) is 57.6 Å². The van der Waals surface area contributed by atoms with Gasteiger partial charge in [0, 0.05) is 5.41 Å². The number of aliphatic hydroxyl groups is 1. The molecule has 0 saturated carbocycles. The molecule has 0 radical (unpaired) electrons. The van der Waals surface area contributed by atoms with Crippen molar-refractivity contribution in [2.45, 2.75) is 72.3 Å². The van der Waals surface area contributed by atoms with Crippen LogP contribution in [-0.2, 0) is 12.0 Å². The van der Waals surface area contributed by atoms with E-state index in [0.29, 0.717) is 0 Å². The number of hydrogen-bond acceptors (Lipinski definition) is 1. The number of fused-ring (bicyclic) bond motifs is 1. The normalized spacial score (nSPS) is 23.4. The van der Waals surface area contributed by atoms with Gasteiger partial charge in [0.2, 0.25) is 0 Å². The first-order valence-electron chi connectivity index (χ1n) is 9.37. The molecular formula is C23H34O. The molecule has 0 heterocycles. The Morgan fingerprint density at radius 2 is 1.96 bits per heavy atom. The summed E-state index contributed by atoms with van der Waals surface area (Å²) in [5, 5.41) is 12.0. The average molecular weight is 327 g/mol. The lowest BCUT2D eigenvalue weighted by atomic mass is 9.65. The fourth-order valence-corrected chi connectivity index (χ4v) is 4.57. The van der Waals surface area contributed by atoms with Gasteiger partial charge in [-0.2, -0.15) is 0 Å². The average Bonchev–Trinajstić information content (AvgIpc) is 2.74. The minimum absolute atomic E-state index is 0.126. The van der Waals surface area contributed by atoms with E-state index in [1.54, 1.807) is 0 Å². The van der Waals surface area contributed by atoms with E-state index in [4.69, 9.17) is 0 Å². The van der Waals surface area contributed by atoms with Crippen LogP contribution in [0, 0.1) is 25.2 Å². The van der Waals surface area contributed by atoms with Crippen LogP contribution in [0.2, 0.25) is 0 Å². The fraction of sp³-hybridized carbons (Fsp3) is 0.565. The van der Waals surface area contributed by atoms with Gasteiger partial charge in [-0.15, -0.1) is 6.58 Å². The largest absolute Gasteiger partial charge is 0.384 e. The standard InChI is InChI=1S/C23H34O/c1-7-9-10-11-12-13-20(8-2)23(24)21-18(4)17(3)14-15-19(21)16-22(23,5)6/h7,10-11,14-15,20,24H,1,8-9,12-13,16H2,2-6H3/b11-10+. The minimum Gasteiger partial charge on any atom is -0.384 e. The highest BCUT2D eigenvalue weighted by molar-refractivity contribution is 5.49. The van der Waals surface area contributed by atoms with Crippen LogP contribution in [0.25, 0.3) is 0 Å². The van der Waals surface area contributed by atoms with Crippen LogP contribution in [0.4, 0.5) is 0 Å². The summed E-state index contributed by atoms with van der Waals surface area (Å²) in [6.07, 6.45) is 11.3. The molecule has 2 atom stereocenters. The van der Waals surface area contributed by atoms with Crippen LogP contribution in [0.1, 0.15) is 68.7 Å². The fourth-order valence-electron chi connectivity index (χ4n) is 4.57. The van der Waals surface area contributed by atoms with Crippen molar-refractivity contribution in [3.8, 4) is 0 Å². The Balaban J connectivity index is 2.38. The summed E-state index contributed by atoms with van der Waals surface area (Å²) in [6.45, 7) is 14.8. The van der Waals surface area contributed by atoms with Gasteiger partial charge >= 0.3 is 0 Å². The number of allylic oxidation sites excluding steroid dienone is 3. The third-order valence-corrected chi connectivity index (χ3v) is 6.10. The predicted molar refractivity (Wildman–Crippen MR) is 104 cm³/mol. The molecule has 0 spiro atoms. The summed E-state index contributed by atoms with van der Waals surface area (Å²) >= 11 is 0. The highest BCUT2D eigenvalue weighted by Crippen LogP contribution is 2.56. The summed E-state index contributed by atoms with van der Waals surface area (Å²) in [6, 6.07) is 4.43.